The van der Waals surface area contributed by atoms with Gasteiger partial charge in [0.25, 0.3) is 0 Å². The number of amides is 2. The average Bonchev–Trinajstić information content (AvgIpc) is 2.34. The molecule has 0 aromatic carbocycles. The van der Waals surface area contributed by atoms with Gasteiger partial charge in [0.2, 0.25) is 0 Å². The van der Waals surface area contributed by atoms with Crippen LogP contribution in [0.5, 0.6) is 0 Å². The highest BCUT2D eigenvalue weighted by atomic mass is 16.5. The zero-order valence-corrected chi connectivity index (χ0v) is 10.9. The Bertz CT molecular complexity index is 306. The number of carbonyl (C=O) groups is 3. The van der Waals surface area contributed by atoms with Gasteiger partial charge in [-0.25, -0.2) is 9.59 Å². The predicted molar refractivity (Wildman–Crippen MR) is 64.1 cm³/mol. The molecule has 2 N–H and O–H groups in total. The minimum Gasteiger partial charge on any atom is -0.480 e. The van der Waals surface area contributed by atoms with Gasteiger partial charge in [0.1, 0.15) is 12.6 Å². The molecule has 0 bridgehead atoms. The van der Waals surface area contributed by atoms with Gasteiger partial charge in [0.15, 0.2) is 0 Å². The summed E-state index contributed by atoms with van der Waals surface area (Å²) in [4.78, 5) is 34.9. The summed E-state index contributed by atoms with van der Waals surface area (Å²) in [5, 5.41) is 11.3. The second-order valence-corrected chi connectivity index (χ2v) is 3.72. The number of nitrogens with zero attached hydrogens (tertiary/aromatic N) is 1. The van der Waals surface area contributed by atoms with E-state index in [1.165, 1.54) is 12.0 Å². The molecule has 1 unspecified atom stereocenters. The van der Waals surface area contributed by atoms with Crippen LogP contribution in [0.4, 0.5) is 4.79 Å². The van der Waals surface area contributed by atoms with E-state index in [4.69, 9.17) is 5.11 Å². The van der Waals surface area contributed by atoms with E-state index in [1.54, 1.807) is 6.92 Å². The maximum atomic E-state index is 11.8. The van der Waals surface area contributed by atoms with Gasteiger partial charge in [-0.15, -0.1) is 0 Å². The van der Waals surface area contributed by atoms with Crippen LogP contribution in [0.25, 0.3) is 0 Å². The van der Waals surface area contributed by atoms with Crippen LogP contribution in [-0.2, 0) is 14.3 Å². The Morgan fingerprint density at radius 2 is 1.94 bits per heavy atom. The summed E-state index contributed by atoms with van der Waals surface area (Å²) >= 11 is 0. The lowest BCUT2D eigenvalue weighted by Gasteiger charge is -2.22. The van der Waals surface area contributed by atoms with Gasteiger partial charge in [-0.3, -0.25) is 4.79 Å². The van der Waals surface area contributed by atoms with Gasteiger partial charge in [-0.05, 0) is 13.3 Å². The Kier molecular flexibility index (Phi) is 7.50. The monoisotopic (exact) mass is 260 g/mol. The molecule has 18 heavy (non-hydrogen) atoms. The van der Waals surface area contributed by atoms with Crippen molar-refractivity contribution in [2.24, 2.45) is 0 Å². The fraction of sp³-hybridized carbons (Fsp3) is 0.727. The number of aliphatic carboxylic acids is 1. The van der Waals surface area contributed by atoms with E-state index in [0.717, 1.165) is 0 Å². The number of methoxy groups -OCH3 is 1. The first-order valence-electron chi connectivity index (χ1n) is 5.81. The third kappa shape index (κ3) is 5.51. The first kappa shape index (κ1) is 16.2. The number of carboxylic acid groups (broad SMARTS) is 1. The predicted octanol–water partition coefficient (Wildman–Crippen LogP) is 0.444. The SMILES string of the molecule is CCCC(NC(=O)N(CC)CC(=O)OC)C(=O)O. The standard InChI is InChI=1S/C11H20N2O5/c1-4-6-8(10(15)16)12-11(17)13(5-2)7-9(14)18-3/h8H,4-7H2,1-3H3,(H,12,17)(H,15,16). The molecule has 0 aromatic rings. The summed E-state index contributed by atoms with van der Waals surface area (Å²) < 4.78 is 4.46. The van der Waals surface area contributed by atoms with Crippen LogP contribution in [0.2, 0.25) is 0 Å². The molecule has 0 aliphatic heterocycles. The van der Waals surface area contributed by atoms with Crippen LogP contribution in [-0.4, -0.2) is 54.2 Å². The highest BCUT2D eigenvalue weighted by Crippen LogP contribution is 1.99. The molecule has 0 rings (SSSR count). The highest BCUT2D eigenvalue weighted by Gasteiger charge is 2.23. The molecule has 7 nitrogen and oxygen atoms in total. The molecule has 0 saturated carbocycles. The molecular weight excluding hydrogens is 240 g/mol. The third-order valence-electron chi connectivity index (χ3n) is 2.39. The van der Waals surface area contributed by atoms with Gasteiger partial charge in [-0.1, -0.05) is 13.3 Å². The summed E-state index contributed by atoms with van der Waals surface area (Å²) in [6.45, 7) is 3.61. The Morgan fingerprint density at radius 1 is 1.33 bits per heavy atom. The molecule has 0 aromatic heterocycles. The number of carbonyl (C=O) groups excluding carboxylic acids is 2. The van der Waals surface area contributed by atoms with Crippen molar-refractivity contribution >= 4 is 18.0 Å². The Hall–Kier alpha value is -1.79. The maximum Gasteiger partial charge on any atom is 0.326 e. The summed E-state index contributed by atoms with van der Waals surface area (Å²) in [5.74, 6) is -1.63. The van der Waals surface area contributed by atoms with E-state index < -0.39 is 24.0 Å². The molecule has 0 radical (unpaired) electrons. The van der Waals surface area contributed by atoms with E-state index in [-0.39, 0.29) is 6.54 Å². The van der Waals surface area contributed by atoms with Crippen LogP contribution in [0, 0.1) is 0 Å². The lowest BCUT2D eigenvalue weighted by molar-refractivity contribution is -0.141. The molecule has 104 valence electrons. The molecule has 0 saturated heterocycles. The molecule has 2 amide bonds. The number of ether oxygens (including phenoxy) is 1. The fourth-order valence-electron chi connectivity index (χ4n) is 1.33. The number of likely N-dealkylation sites (N-methyl/N-ethyl adjacent to an activating group) is 1. The smallest absolute Gasteiger partial charge is 0.326 e. The van der Waals surface area contributed by atoms with Gasteiger partial charge in [-0.2, -0.15) is 0 Å². The van der Waals surface area contributed by atoms with Crippen molar-refractivity contribution in [1.82, 2.24) is 10.2 Å². The normalized spacial score (nSPS) is 11.5. The largest absolute Gasteiger partial charge is 0.480 e. The van der Waals surface area contributed by atoms with Gasteiger partial charge >= 0.3 is 18.0 Å². The molecule has 0 heterocycles. The van der Waals surface area contributed by atoms with Gasteiger partial charge in [0.05, 0.1) is 7.11 Å². The highest BCUT2D eigenvalue weighted by molar-refractivity contribution is 5.85. The molecule has 0 spiro atoms. The van der Waals surface area contributed by atoms with Crippen molar-refractivity contribution in [2.75, 3.05) is 20.2 Å². The van der Waals surface area contributed by atoms with Crippen LogP contribution in [0.15, 0.2) is 0 Å². The summed E-state index contributed by atoms with van der Waals surface area (Å²) in [6, 6.07) is -1.52. The molecular formula is C11H20N2O5. The van der Waals surface area contributed by atoms with Gasteiger partial charge < -0.3 is 20.1 Å². The van der Waals surface area contributed by atoms with Crippen molar-refractivity contribution in [3.8, 4) is 0 Å². The Balaban J connectivity index is 4.49. The van der Waals surface area contributed by atoms with Crippen molar-refractivity contribution in [1.29, 1.82) is 0 Å². The molecule has 0 aliphatic carbocycles. The zero-order valence-electron chi connectivity index (χ0n) is 10.9. The molecule has 0 fully saturated rings. The first-order chi connectivity index (χ1) is 8.46. The number of esters is 1. The van der Waals surface area contributed by atoms with E-state index in [0.29, 0.717) is 19.4 Å². The molecule has 7 heteroatoms. The molecule has 1 atom stereocenters. The first-order valence-corrected chi connectivity index (χ1v) is 5.81. The zero-order chi connectivity index (χ0) is 14.1. The number of urea groups is 1. The summed E-state index contributed by atoms with van der Waals surface area (Å²) in [7, 11) is 1.23. The number of hydrogen-bond donors (Lipinski definition) is 2. The number of rotatable bonds is 7. The van der Waals surface area contributed by atoms with Crippen molar-refractivity contribution in [2.45, 2.75) is 32.7 Å². The van der Waals surface area contributed by atoms with Crippen LogP contribution in [0.1, 0.15) is 26.7 Å². The van der Waals surface area contributed by atoms with E-state index in [1.807, 2.05) is 6.92 Å². The van der Waals surface area contributed by atoms with E-state index >= 15 is 0 Å². The Morgan fingerprint density at radius 3 is 2.33 bits per heavy atom. The lowest BCUT2D eigenvalue weighted by Crippen LogP contribution is -2.49. The second-order valence-electron chi connectivity index (χ2n) is 3.72. The van der Waals surface area contributed by atoms with Crippen LogP contribution >= 0.6 is 0 Å². The van der Waals surface area contributed by atoms with Crippen LogP contribution < -0.4 is 5.32 Å². The van der Waals surface area contributed by atoms with Crippen molar-refractivity contribution in [3.63, 3.8) is 0 Å². The van der Waals surface area contributed by atoms with E-state index in [2.05, 4.69) is 10.1 Å². The number of carboxylic acids is 1. The van der Waals surface area contributed by atoms with Gasteiger partial charge in [0, 0.05) is 6.54 Å². The molecule has 0 aliphatic rings. The quantitative estimate of drug-likeness (QED) is 0.648. The minimum absolute atomic E-state index is 0.197. The van der Waals surface area contributed by atoms with Crippen molar-refractivity contribution < 1.29 is 24.2 Å². The van der Waals surface area contributed by atoms with Crippen LogP contribution in [0.3, 0.4) is 0 Å². The summed E-state index contributed by atoms with van der Waals surface area (Å²) in [6.07, 6.45) is 0.983. The minimum atomic E-state index is -1.08. The lowest BCUT2D eigenvalue weighted by atomic mass is 10.2. The topological polar surface area (TPSA) is 95.9 Å². The van der Waals surface area contributed by atoms with E-state index in [9.17, 15) is 14.4 Å². The second kappa shape index (κ2) is 8.32. The fourth-order valence-corrected chi connectivity index (χ4v) is 1.33. The maximum absolute atomic E-state index is 11.8. The average molecular weight is 260 g/mol. The van der Waals surface area contributed by atoms with Crippen molar-refractivity contribution in [3.05, 3.63) is 0 Å². The number of nitrogens with one attached hydrogen (secondary N) is 1. The third-order valence-corrected chi connectivity index (χ3v) is 2.39. The summed E-state index contributed by atoms with van der Waals surface area (Å²) in [5.41, 5.74) is 0. The Labute approximate surface area is 106 Å². The number of hydrogen-bond acceptors (Lipinski definition) is 4.